The van der Waals surface area contributed by atoms with Crippen LogP contribution in [-0.2, 0) is 4.79 Å². The Hall–Kier alpha value is -4.68. The normalized spacial score (nSPS) is 10.8. The van der Waals surface area contributed by atoms with Crippen LogP contribution in [0.15, 0.2) is 84.4 Å². The monoisotopic (exact) mass is 498 g/mol. The molecule has 0 spiro atoms. The minimum Gasteiger partial charge on any atom is -0.497 e. The van der Waals surface area contributed by atoms with E-state index in [-0.39, 0.29) is 5.57 Å². The number of amides is 1. The predicted molar refractivity (Wildman–Crippen MR) is 138 cm³/mol. The molecule has 4 aromatic rings. The molecule has 0 unspecified atom stereocenters. The molecular formula is C27H22N4O4S. The third kappa shape index (κ3) is 6.68. The lowest BCUT2D eigenvalue weighted by Gasteiger charge is -2.09. The van der Waals surface area contributed by atoms with Gasteiger partial charge < -0.3 is 14.2 Å². The summed E-state index contributed by atoms with van der Waals surface area (Å²) < 4.78 is 16.5. The van der Waals surface area contributed by atoms with E-state index in [0.717, 1.165) is 17.1 Å². The number of benzene rings is 3. The second-order valence-electron chi connectivity index (χ2n) is 7.34. The number of rotatable bonds is 10. The summed E-state index contributed by atoms with van der Waals surface area (Å²) in [5.74, 6) is 1.59. The Morgan fingerprint density at radius 1 is 0.917 bits per heavy atom. The van der Waals surface area contributed by atoms with Crippen molar-refractivity contribution < 1.29 is 19.0 Å². The summed E-state index contributed by atoms with van der Waals surface area (Å²) in [4.78, 5) is 12.6. The quantitative estimate of drug-likeness (QED) is 0.182. The van der Waals surface area contributed by atoms with Gasteiger partial charge in [0.25, 0.3) is 5.91 Å². The Kier molecular flexibility index (Phi) is 8.25. The fourth-order valence-electron chi connectivity index (χ4n) is 3.10. The number of anilines is 1. The van der Waals surface area contributed by atoms with E-state index in [0.29, 0.717) is 34.7 Å². The van der Waals surface area contributed by atoms with Gasteiger partial charge >= 0.3 is 0 Å². The molecule has 8 nitrogen and oxygen atoms in total. The van der Waals surface area contributed by atoms with Crippen molar-refractivity contribution in [1.29, 1.82) is 5.26 Å². The molecule has 9 heteroatoms. The topological polar surface area (TPSA) is 106 Å². The summed E-state index contributed by atoms with van der Waals surface area (Å²) >= 11 is 1.24. The van der Waals surface area contributed by atoms with E-state index < -0.39 is 5.91 Å². The highest BCUT2D eigenvalue weighted by atomic mass is 32.1. The van der Waals surface area contributed by atoms with Gasteiger partial charge in [-0.25, -0.2) is 0 Å². The zero-order valence-corrected chi connectivity index (χ0v) is 20.2. The van der Waals surface area contributed by atoms with E-state index >= 15 is 0 Å². The standard InChI is InChI=1S/C27H22N4O4S/c1-33-22-11-13-24(14-12-22)35-16-15-34-23-9-7-19(8-10-23)17-21(18-28)25(32)29-27-31-30-26(36-27)20-5-3-2-4-6-20/h2-14,17H,15-16H2,1H3,(H,29,31,32). The molecule has 1 aromatic heterocycles. The average Bonchev–Trinajstić information content (AvgIpc) is 3.39. The fourth-order valence-corrected chi connectivity index (χ4v) is 3.85. The van der Waals surface area contributed by atoms with Gasteiger partial charge in [0.1, 0.15) is 47.1 Å². The first-order valence-electron chi connectivity index (χ1n) is 11.0. The Morgan fingerprint density at radius 3 is 2.14 bits per heavy atom. The van der Waals surface area contributed by atoms with Gasteiger partial charge in [0, 0.05) is 5.56 Å². The van der Waals surface area contributed by atoms with E-state index in [1.54, 1.807) is 31.4 Å². The molecule has 36 heavy (non-hydrogen) atoms. The number of carbonyl (C=O) groups is 1. The summed E-state index contributed by atoms with van der Waals surface area (Å²) in [7, 11) is 1.61. The van der Waals surface area contributed by atoms with Gasteiger partial charge in [-0.1, -0.05) is 53.8 Å². The summed E-state index contributed by atoms with van der Waals surface area (Å²) in [6.45, 7) is 0.740. The van der Waals surface area contributed by atoms with Crippen molar-refractivity contribution >= 4 is 28.5 Å². The van der Waals surface area contributed by atoms with Crippen molar-refractivity contribution in [3.05, 3.63) is 90.0 Å². The van der Waals surface area contributed by atoms with Gasteiger partial charge in [-0.3, -0.25) is 10.1 Å². The molecule has 180 valence electrons. The van der Waals surface area contributed by atoms with Gasteiger partial charge in [0.2, 0.25) is 5.13 Å². The lowest BCUT2D eigenvalue weighted by Crippen LogP contribution is -2.13. The summed E-state index contributed by atoms with van der Waals surface area (Å²) in [6.07, 6.45) is 1.51. The maximum atomic E-state index is 12.6. The number of hydrogen-bond donors (Lipinski definition) is 1. The Morgan fingerprint density at radius 2 is 1.53 bits per heavy atom. The first-order chi connectivity index (χ1) is 17.6. The number of nitrogens with one attached hydrogen (secondary N) is 1. The maximum Gasteiger partial charge on any atom is 0.268 e. The molecule has 1 N–H and O–H groups in total. The molecule has 0 aliphatic carbocycles. The summed E-state index contributed by atoms with van der Waals surface area (Å²) in [6, 6.07) is 25.9. The van der Waals surface area contributed by atoms with Gasteiger partial charge in [-0.2, -0.15) is 5.26 Å². The van der Waals surface area contributed by atoms with Crippen LogP contribution in [0.5, 0.6) is 17.2 Å². The molecule has 0 fully saturated rings. The largest absolute Gasteiger partial charge is 0.497 e. The van der Waals surface area contributed by atoms with Crippen LogP contribution in [-0.4, -0.2) is 36.4 Å². The van der Waals surface area contributed by atoms with E-state index in [2.05, 4.69) is 15.5 Å². The van der Waals surface area contributed by atoms with Crippen molar-refractivity contribution in [3.8, 4) is 33.9 Å². The molecule has 4 rings (SSSR count). The van der Waals surface area contributed by atoms with Crippen LogP contribution in [0.4, 0.5) is 5.13 Å². The maximum absolute atomic E-state index is 12.6. The van der Waals surface area contributed by atoms with Crippen molar-refractivity contribution in [2.24, 2.45) is 0 Å². The molecule has 0 aliphatic rings. The minimum absolute atomic E-state index is 0.0481. The number of nitrogens with zero attached hydrogens (tertiary/aromatic N) is 3. The van der Waals surface area contributed by atoms with Crippen LogP contribution in [0.3, 0.4) is 0 Å². The van der Waals surface area contributed by atoms with E-state index in [4.69, 9.17) is 14.2 Å². The first kappa shape index (κ1) is 24.4. The molecular weight excluding hydrogens is 476 g/mol. The second-order valence-corrected chi connectivity index (χ2v) is 8.32. The molecule has 1 heterocycles. The SMILES string of the molecule is COc1ccc(OCCOc2ccc(C=C(C#N)C(=O)Nc3nnc(-c4ccccc4)s3)cc2)cc1. The number of nitriles is 1. The fraction of sp³-hybridized carbons (Fsp3) is 0.111. The van der Waals surface area contributed by atoms with Crippen LogP contribution in [0.25, 0.3) is 16.6 Å². The van der Waals surface area contributed by atoms with Crippen LogP contribution in [0.1, 0.15) is 5.56 Å². The van der Waals surface area contributed by atoms with Gasteiger partial charge in [0.15, 0.2) is 0 Å². The molecule has 1 amide bonds. The predicted octanol–water partition coefficient (Wildman–Crippen LogP) is 5.22. The van der Waals surface area contributed by atoms with E-state index in [1.807, 2.05) is 60.7 Å². The number of ether oxygens (including phenoxy) is 3. The van der Waals surface area contributed by atoms with Crippen molar-refractivity contribution in [3.63, 3.8) is 0 Å². The van der Waals surface area contributed by atoms with Crippen LogP contribution >= 0.6 is 11.3 Å². The minimum atomic E-state index is -0.552. The average molecular weight is 499 g/mol. The van der Waals surface area contributed by atoms with Crippen molar-refractivity contribution in [1.82, 2.24) is 10.2 Å². The third-order valence-electron chi connectivity index (χ3n) is 4.90. The Balaban J connectivity index is 1.29. The molecule has 0 saturated carbocycles. The van der Waals surface area contributed by atoms with Crippen LogP contribution in [0.2, 0.25) is 0 Å². The lowest BCUT2D eigenvalue weighted by atomic mass is 10.1. The molecule has 0 bridgehead atoms. The van der Waals surface area contributed by atoms with Gasteiger partial charge in [0.05, 0.1) is 7.11 Å². The van der Waals surface area contributed by atoms with Crippen LogP contribution < -0.4 is 19.5 Å². The first-order valence-corrected chi connectivity index (χ1v) is 11.8. The van der Waals surface area contributed by atoms with E-state index in [9.17, 15) is 10.1 Å². The van der Waals surface area contributed by atoms with Crippen molar-refractivity contribution in [2.45, 2.75) is 0 Å². The highest BCUT2D eigenvalue weighted by molar-refractivity contribution is 7.18. The second kappa shape index (κ2) is 12.1. The third-order valence-corrected chi connectivity index (χ3v) is 5.79. The smallest absolute Gasteiger partial charge is 0.268 e. The number of carbonyl (C=O) groups excluding carboxylic acids is 1. The molecule has 0 saturated heterocycles. The number of methoxy groups -OCH3 is 1. The van der Waals surface area contributed by atoms with E-state index in [1.165, 1.54) is 17.4 Å². The highest BCUT2D eigenvalue weighted by Crippen LogP contribution is 2.26. The summed E-state index contributed by atoms with van der Waals surface area (Å²) in [5, 5.41) is 21.2. The van der Waals surface area contributed by atoms with Gasteiger partial charge in [-0.05, 0) is 48.0 Å². The molecule has 3 aromatic carbocycles. The lowest BCUT2D eigenvalue weighted by molar-refractivity contribution is -0.112. The molecule has 0 aliphatic heterocycles. The summed E-state index contributed by atoms with van der Waals surface area (Å²) in [5.41, 5.74) is 1.54. The number of hydrogen-bond acceptors (Lipinski definition) is 8. The van der Waals surface area contributed by atoms with Gasteiger partial charge in [-0.15, -0.1) is 10.2 Å². The highest BCUT2D eigenvalue weighted by Gasteiger charge is 2.13. The Bertz CT molecular complexity index is 1360. The Labute approximate surface area is 212 Å². The molecule has 0 radical (unpaired) electrons. The van der Waals surface area contributed by atoms with Crippen molar-refractivity contribution in [2.75, 3.05) is 25.6 Å². The molecule has 0 atom stereocenters. The zero-order valence-electron chi connectivity index (χ0n) is 19.4. The van der Waals surface area contributed by atoms with Crippen LogP contribution in [0, 0.1) is 11.3 Å². The zero-order chi connectivity index (χ0) is 25.2. The number of aromatic nitrogens is 2.